The molecule has 25 heavy (non-hydrogen) atoms. The van der Waals surface area contributed by atoms with Gasteiger partial charge in [0, 0.05) is 25.4 Å². The van der Waals surface area contributed by atoms with Crippen molar-refractivity contribution in [3.8, 4) is 5.75 Å². The maximum absolute atomic E-state index is 12.9. The van der Waals surface area contributed by atoms with Crippen molar-refractivity contribution in [1.29, 1.82) is 0 Å². The molecule has 3 heterocycles. The average molecular weight is 339 g/mol. The maximum Gasteiger partial charge on any atom is 0.253 e. The number of nitrogens with zero attached hydrogens (tertiary/aromatic N) is 3. The van der Waals surface area contributed by atoms with E-state index in [-0.39, 0.29) is 12.0 Å². The number of carbonyl (C=O) groups excluding carboxylic acids is 1. The number of hydrogen-bond acceptors (Lipinski definition) is 4. The molecule has 130 valence electrons. The summed E-state index contributed by atoms with van der Waals surface area (Å²) >= 11 is 0. The minimum atomic E-state index is -0.200. The molecule has 1 aromatic heterocycles. The summed E-state index contributed by atoms with van der Waals surface area (Å²) in [7, 11) is 1.95. The zero-order valence-electron chi connectivity index (χ0n) is 14.4. The zero-order chi connectivity index (χ0) is 17.4. The van der Waals surface area contributed by atoms with Crippen LogP contribution in [-0.2, 0) is 16.6 Å². The fourth-order valence-electron chi connectivity index (χ4n) is 3.37. The second-order valence-corrected chi connectivity index (χ2v) is 6.46. The molecular weight excluding hydrogens is 318 g/mol. The summed E-state index contributed by atoms with van der Waals surface area (Å²) in [6.45, 7) is 3.85. The van der Waals surface area contributed by atoms with E-state index in [1.807, 2.05) is 60.0 Å². The number of amides is 1. The van der Waals surface area contributed by atoms with E-state index in [0.29, 0.717) is 31.9 Å². The molecule has 2 aliphatic heterocycles. The van der Waals surface area contributed by atoms with E-state index in [9.17, 15) is 4.79 Å². The fourth-order valence-corrected chi connectivity index (χ4v) is 3.37. The molecule has 6 nitrogen and oxygen atoms in total. The molecule has 0 saturated carbocycles. The van der Waals surface area contributed by atoms with Crippen LogP contribution >= 0.6 is 0 Å². The molecule has 4 rings (SSSR count). The molecule has 0 bridgehead atoms. The van der Waals surface area contributed by atoms with Gasteiger partial charge in [-0.1, -0.05) is 18.2 Å². The van der Waals surface area contributed by atoms with Crippen LogP contribution in [0.4, 0.5) is 0 Å². The number of hydrogen-bond donors (Lipinski definition) is 0. The summed E-state index contributed by atoms with van der Waals surface area (Å²) in [4.78, 5) is 19.3. The van der Waals surface area contributed by atoms with Crippen molar-refractivity contribution in [3.63, 3.8) is 0 Å². The van der Waals surface area contributed by atoms with Crippen LogP contribution in [0, 0.1) is 6.92 Å². The van der Waals surface area contributed by atoms with E-state index in [1.165, 1.54) is 0 Å². The van der Waals surface area contributed by atoms with Gasteiger partial charge in [-0.2, -0.15) is 0 Å². The third-order valence-electron chi connectivity index (χ3n) is 4.58. The van der Waals surface area contributed by atoms with E-state index in [1.54, 1.807) is 0 Å². The van der Waals surface area contributed by atoms with Crippen LogP contribution in [0.3, 0.4) is 0 Å². The lowest BCUT2D eigenvalue weighted by Crippen LogP contribution is -2.44. The van der Waals surface area contributed by atoms with Gasteiger partial charge < -0.3 is 18.9 Å². The van der Waals surface area contributed by atoms with Crippen molar-refractivity contribution in [3.05, 3.63) is 53.1 Å². The number of carbonyl (C=O) groups is 1. The number of fused-ring (bicyclic) bond motifs is 1. The van der Waals surface area contributed by atoms with Crippen LogP contribution in [0.5, 0.6) is 5.75 Å². The average Bonchev–Trinajstić information content (AvgIpc) is 2.99. The first-order chi connectivity index (χ1) is 12.1. The zero-order valence-corrected chi connectivity index (χ0v) is 14.4. The van der Waals surface area contributed by atoms with E-state index in [0.717, 1.165) is 22.8 Å². The Morgan fingerprint density at radius 3 is 2.96 bits per heavy atom. The van der Waals surface area contributed by atoms with Gasteiger partial charge in [0.2, 0.25) is 0 Å². The summed E-state index contributed by atoms with van der Waals surface area (Å²) in [6.07, 6.45) is 3.69. The number of aromatic nitrogens is 2. The lowest BCUT2D eigenvalue weighted by atomic mass is 10.1. The molecule has 0 radical (unpaired) electrons. The van der Waals surface area contributed by atoms with Gasteiger partial charge in [0.15, 0.2) is 0 Å². The minimum absolute atomic E-state index is 0.00809. The van der Waals surface area contributed by atoms with E-state index >= 15 is 0 Å². The number of ether oxygens (including phenoxy) is 2. The molecular formula is C19H21N3O3. The van der Waals surface area contributed by atoms with Crippen molar-refractivity contribution >= 4 is 12.0 Å². The Bertz CT molecular complexity index is 840. The smallest absolute Gasteiger partial charge is 0.253 e. The van der Waals surface area contributed by atoms with Crippen molar-refractivity contribution in [1.82, 2.24) is 14.5 Å². The number of aryl methyl sites for hydroxylation is 2. The summed E-state index contributed by atoms with van der Waals surface area (Å²) in [5, 5.41) is 0. The molecule has 2 aliphatic rings. The van der Waals surface area contributed by atoms with Gasteiger partial charge in [-0.25, -0.2) is 4.98 Å². The Morgan fingerprint density at radius 2 is 2.16 bits per heavy atom. The molecule has 1 fully saturated rings. The Balaban J connectivity index is 1.53. The summed E-state index contributed by atoms with van der Waals surface area (Å²) < 4.78 is 13.5. The first kappa shape index (κ1) is 15.9. The van der Waals surface area contributed by atoms with Crippen LogP contribution in [0.25, 0.3) is 6.08 Å². The Morgan fingerprint density at radius 1 is 1.32 bits per heavy atom. The Kier molecular flexibility index (Phi) is 4.05. The summed E-state index contributed by atoms with van der Waals surface area (Å²) in [5.41, 5.74) is 2.57. The first-order valence-electron chi connectivity index (χ1n) is 8.45. The van der Waals surface area contributed by atoms with Gasteiger partial charge in [0.05, 0.1) is 24.4 Å². The van der Waals surface area contributed by atoms with Gasteiger partial charge in [-0.05, 0) is 19.1 Å². The summed E-state index contributed by atoms with van der Waals surface area (Å²) in [5.74, 6) is 1.69. The number of imidazole rings is 1. The SMILES string of the molecule is Cc1cn(C)c(C2CN(C(=O)C3=Cc4ccccc4OC3)CCO2)n1. The Hall–Kier alpha value is -2.60. The molecule has 1 saturated heterocycles. The number of para-hydroxylation sites is 1. The lowest BCUT2D eigenvalue weighted by molar-refractivity contribution is -0.135. The van der Waals surface area contributed by atoms with Crippen LogP contribution in [0.2, 0.25) is 0 Å². The predicted molar refractivity (Wildman–Crippen MR) is 93.1 cm³/mol. The second kappa shape index (κ2) is 6.37. The van der Waals surface area contributed by atoms with Crippen molar-refractivity contribution in [2.75, 3.05) is 26.3 Å². The molecule has 1 amide bonds. The molecule has 6 heteroatoms. The molecule has 0 N–H and O–H groups in total. The van der Waals surface area contributed by atoms with Gasteiger partial charge in [-0.15, -0.1) is 0 Å². The molecule has 2 aromatic rings. The van der Waals surface area contributed by atoms with Crippen molar-refractivity contribution in [2.45, 2.75) is 13.0 Å². The highest BCUT2D eigenvalue weighted by Crippen LogP contribution is 2.28. The predicted octanol–water partition coefficient (Wildman–Crippen LogP) is 2.10. The second-order valence-electron chi connectivity index (χ2n) is 6.46. The Labute approximate surface area is 146 Å². The number of rotatable bonds is 2. The van der Waals surface area contributed by atoms with Gasteiger partial charge >= 0.3 is 0 Å². The molecule has 0 aliphatic carbocycles. The highest BCUT2D eigenvalue weighted by atomic mass is 16.5. The number of morpholine rings is 1. The third kappa shape index (κ3) is 3.05. The molecule has 0 spiro atoms. The van der Waals surface area contributed by atoms with Crippen molar-refractivity contribution in [2.24, 2.45) is 7.05 Å². The first-order valence-corrected chi connectivity index (χ1v) is 8.45. The van der Waals surface area contributed by atoms with Crippen LogP contribution in [0.1, 0.15) is 23.2 Å². The van der Waals surface area contributed by atoms with Crippen LogP contribution < -0.4 is 4.74 Å². The van der Waals surface area contributed by atoms with Gasteiger partial charge in [0.1, 0.15) is 24.3 Å². The van der Waals surface area contributed by atoms with E-state index in [4.69, 9.17) is 9.47 Å². The van der Waals surface area contributed by atoms with Gasteiger partial charge in [-0.3, -0.25) is 4.79 Å². The minimum Gasteiger partial charge on any atom is -0.488 e. The van der Waals surface area contributed by atoms with Crippen LogP contribution in [0.15, 0.2) is 36.0 Å². The highest BCUT2D eigenvalue weighted by Gasteiger charge is 2.30. The molecule has 1 atom stereocenters. The maximum atomic E-state index is 12.9. The number of benzene rings is 1. The quantitative estimate of drug-likeness (QED) is 0.841. The van der Waals surface area contributed by atoms with E-state index < -0.39 is 0 Å². The lowest BCUT2D eigenvalue weighted by Gasteiger charge is -2.33. The largest absolute Gasteiger partial charge is 0.488 e. The van der Waals surface area contributed by atoms with Crippen molar-refractivity contribution < 1.29 is 14.3 Å². The molecule has 1 unspecified atom stereocenters. The fraction of sp³-hybridized carbons (Fsp3) is 0.368. The van der Waals surface area contributed by atoms with Crippen LogP contribution in [-0.4, -0.2) is 46.7 Å². The topological polar surface area (TPSA) is 56.6 Å². The third-order valence-corrected chi connectivity index (χ3v) is 4.58. The standard InChI is InChI=1S/C19H21N3O3/c1-13-10-21(2)18(20-13)17-11-22(7-8-24-17)19(23)15-9-14-5-3-4-6-16(14)25-12-15/h3-6,9-10,17H,7-8,11-12H2,1-2H3. The van der Waals surface area contributed by atoms with Gasteiger partial charge in [0.25, 0.3) is 5.91 Å². The highest BCUT2D eigenvalue weighted by molar-refractivity contribution is 5.99. The monoisotopic (exact) mass is 339 g/mol. The van der Waals surface area contributed by atoms with E-state index in [2.05, 4.69) is 4.98 Å². The molecule has 1 aromatic carbocycles. The normalized spacial score (nSPS) is 19.8. The summed E-state index contributed by atoms with van der Waals surface area (Å²) in [6, 6.07) is 7.75.